The lowest BCUT2D eigenvalue weighted by Crippen LogP contribution is -2.63. The maximum Gasteiger partial charge on any atom is 0.271 e. The van der Waals surface area contributed by atoms with Crippen LogP contribution in [-0.4, -0.2) is 22.6 Å². The number of hydrogen-bond acceptors (Lipinski definition) is 5. The molecule has 26 heavy (non-hydrogen) atoms. The molecule has 1 aliphatic heterocycles. The van der Waals surface area contributed by atoms with Crippen molar-refractivity contribution < 1.29 is 19.3 Å². The molecule has 2 bridgehead atoms. The molecule has 138 valence electrons. The first-order chi connectivity index (χ1) is 12.0. The Morgan fingerprint density at radius 2 is 1.69 bits per heavy atom. The average Bonchev–Trinajstić information content (AvgIpc) is 2.52. The lowest BCUT2D eigenvalue weighted by Gasteiger charge is -2.53. The molecular weight excluding hydrogens is 338 g/mol. The first-order valence-corrected chi connectivity index (χ1v) is 8.39. The van der Waals surface area contributed by atoms with Gasteiger partial charge in [-0.05, 0) is 25.3 Å². The quantitative estimate of drug-likeness (QED) is 0.488. The number of hydrogen-bond donors (Lipinski definition) is 2. The van der Waals surface area contributed by atoms with E-state index in [0.29, 0.717) is 24.9 Å². The summed E-state index contributed by atoms with van der Waals surface area (Å²) in [5.74, 6) is -1.05. The van der Waals surface area contributed by atoms with Gasteiger partial charge in [0.2, 0.25) is 17.7 Å². The highest BCUT2D eigenvalue weighted by Crippen LogP contribution is 2.56. The number of nitro benzene ring substituents is 1. The van der Waals surface area contributed by atoms with Gasteiger partial charge in [-0.2, -0.15) is 0 Å². The molecule has 2 fully saturated rings. The third-order valence-electron chi connectivity index (χ3n) is 5.53. The average molecular weight is 359 g/mol. The number of nitrogens with one attached hydrogen (secondary N) is 2. The molecule has 1 saturated heterocycles. The zero-order chi connectivity index (χ0) is 19.3. The number of fused-ring (bicyclic) bond motifs is 2. The van der Waals surface area contributed by atoms with Crippen molar-refractivity contribution in [1.29, 1.82) is 0 Å². The van der Waals surface area contributed by atoms with Crippen LogP contribution in [-0.2, 0) is 14.4 Å². The van der Waals surface area contributed by atoms with Crippen LogP contribution >= 0.6 is 0 Å². The first-order valence-electron chi connectivity index (χ1n) is 8.39. The van der Waals surface area contributed by atoms with E-state index in [4.69, 9.17) is 0 Å². The second-order valence-corrected chi connectivity index (χ2v) is 8.26. The Bertz CT molecular complexity index is 808. The second kappa shape index (κ2) is 5.62. The van der Waals surface area contributed by atoms with Crippen LogP contribution in [0.3, 0.4) is 0 Å². The molecule has 8 nitrogen and oxygen atoms in total. The van der Waals surface area contributed by atoms with Crippen molar-refractivity contribution in [3.8, 4) is 0 Å². The smallest absolute Gasteiger partial charge is 0.271 e. The number of non-ortho nitro benzene ring substituents is 1. The van der Waals surface area contributed by atoms with Gasteiger partial charge in [-0.15, -0.1) is 0 Å². The maximum atomic E-state index is 13.0. The van der Waals surface area contributed by atoms with Gasteiger partial charge in [-0.1, -0.05) is 26.8 Å². The Balaban J connectivity index is 1.89. The van der Waals surface area contributed by atoms with E-state index in [2.05, 4.69) is 10.6 Å². The molecule has 2 unspecified atom stereocenters. The minimum Gasteiger partial charge on any atom is -0.325 e. The summed E-state index contributed by atoms with van der Waals surface area (Å²) >= 11 is 0. The molecule has 8 heteroatoms. The minimum atomic E-state index is -0.945. The number of benzene rings is 1. The maximum absolute atomic E-state index is 13.0. The summed E-state index contributed by atoms with van der Waals surface area (Å²) in [6.45, 7) is 5.28. The Morgan fingerprint density at radius 1 is 1.12 bits per heavy atom. The van der Waals surface area contributed by atoms with Gasteiger partial charge in [0, 0.05) is 34.1 Å². The molecule has 1 aromatic rings. The number of rotatable bonds is 3. The summed E-state index contributed by atoms with van der Waals surface area (Å²) < 4.78 is 0. The number of nitrogens with zero attached hydrogens (tertiary/aromatic N) is 1. The summed E-state index contributed by atoms with van der Waals surface area (Å²) in [4.78, 5) is 48.0. The summed E-state index contributed by atoms with van der Waals surface area (Å²) in [7, 11) is 0. The van der Waals surface area contributed by atoms with E-state index in [1.807, 2.05) is 0 Å². The Hall–Kier alpha value is -2.77. The fourth-order valence-corrected chi connectivity index (χ4v) is 4.64. The third kappa shape index (κ3) is 2.85. The number of carbonyl (C=O) groups is 3. The summed E-state index contributed by atoms with van der Waals surface area (Å²) in [6, 6.07) is 5.68. The second-order valence-electron chi connectivity index (χ2n) is 8.26. The monoisotopic (exact) mass is 359 g/mol. The number of anilines is 1. The van der Waals surface area contributed by atoms with Crippen molar-refractivity contribution in [1.82, 2.24) is 5.32 Å². The molecule has 2 atom stereocenters. The van der Waals surface area contributed by atoms with E-state index in [9.17, 15) is 24.5 Å². The van der Waals surface area contributed by atoms with E-state index < -0.39 is 21.2 Å². The molecule has 1 heterocycles. The topological polar surface area (TPSA) is 118 Å². The molecule has 1 aliphatic carbocycles. The largest absolute Gasteiger partial charge is 0.325 e. The van der Waals surface area contributed by atoms with E-state index in [1.54, 1.807) is 26.8 Å². The van der Waals surface area contributed by atoms with Gasteiger partial charge in [0.15, 0.2) is 0 Å². The minimum absolute atomic E-state index is 0.123. The normalized spacial score (nSPS) is 33.3. The molecule has 1 saturated carbocycles. The first kappa shape index (κ1) is 18.0. The summed E-state index contributed by atoms with van der Waals surface area (Å²) in [6.07, 6.45) is 1.01. The number of amides is 3. The van der Waals surface area contributed by atoms with Crippen molar-refractivity contribution in [2.75, 3.05) is 5.32 Å². The fourth-order valence-electron chi connectivity index (χ4n) is 4.64. The number of nitro groups is 1. The highest BCUT2D eigenvalue weighted by atomic mass is 16.6. The fraction of sp³-hybridized carbons (Fsp3) is 0.500. The Kier molecular flexibility index (Phi) is 3.90. The van der Waals surface area contributed by atoms with E-state index in [0.717, 1.165) is 0 Å². The van der Waals surface area contributed by atoms with Gasteiger partial charge in [0.1, 0.15) is 0 Å². The molecule has 1 aromatic carbocycles. The molecule has 3 rings (SSSR count). The van der Waals surface area contributed by atoms with Gasteiger partial charge in [0.25, 0.3) is 5.69 Å². The van der Waals surface area contributed by atoms with Gasteiger partial charge in [-0.25, -0.2) is 0 Å². The number of imide groups is 1. The summed E-state index contributed by atoms with van der Waals surface area (Å²) in [5, 5.41) is 16.0. The predicted molar refractivity (Wildman–Crippen MR) is 93.0 cm³/mol. The zero-order valence-corrected chi connectivity index (χ0v) is 14.9. The number of carbonyl (C=O) groups excluding carboxylic acids is 3. The Morgan fingerprint density at radius 3 is 2.23 bits per heavy atom. The molecular formula is C18H21N3O5. The van der Waals surface area contributed by atoms with E-state index in [1.165, 1.54) is 18.2 Å². The van der Waals surface area contributed by atoms with Crippen molar-refractivity contribution in [2.24, 2.45) is 16.2 Å². The van der Waals surface area contributed by atoms with Crippen LogP contribution < -0.4 is 10.6 Å². The van der Waals surface area contributed by atoms with Crippen molar-refractivity contribution in [3.63, 3.8) is 0 Å². The predicted octanol–water partition coefficient (Wildman–Crippen LogP) is 2.39. The van der Waals surface area contributed by atoms with Gasteiger partial charge in [-0.3, -0.25) is 29.8 Å². The molecule has 0 radical (unpaired) electrons. The Labute approximate surface area is 150 Å². The van der Waals surface area contributed by atoms with E-state index in [-0.39, 0.29) is 23.4 Å². The molecule has 2 aliphatic rings. The van der Waals surface area contributed by atoms with E-state index >= 15 is 0 Å². The SMILES string of the molecule is CC12CC(C)(CC(C)(C(=O)Nc3cccc([N+](=O)[O-])c3)C1)C(=O)NC2=O. The molecule has 2 N–H and O–H groups in total. The van der Waals surface area contributed by atoms with Gasteiger partial charge >= 0.3 is 0 Å². The van der Waals surface area contributed by atoms with Crippen LogP contribution in [0.5, 0.6) is 0 Å². The van der Waals surface area contributed by atoms with Crippen LogP contribution in [0.25, 0.3) is 0 Å². The number of piperidine rings is 1. The van der Waals surface area contributed by atoms with Crippen molar-refractivity contribution in [2.45, 2.75) is 40.0 Å². The van der Waals surface area contributed by atoms with Crippen LogP contribution in [0.4, 0.5) is 11.4 Å². The van der Waals surface area contributed by atoms with Crippen LogP contribution in [0.2, 0.25) is 0 Å². The molecule has 3 amide bonds. The van der Waals surface area contributed by atoms with Gasteiger partial charge < -0.3 is 5.32 Å². The van der Waals surface area contributed by atoms with Crippen LogP contribution in [0.15, 0.2) is 24.3 Å². The lowest BCUT2D eigenvalue weighted by atomic mass is 9.52. The zero-order valence-electron chi connectivity index (χ0n) is 14.9. The van der Waals surface area contributed by atoms with Crippen molar-refractivity contribution in [3.05, 3.63) is 34.4 Å². The lowest BCUT2D eigenvalue weighted by molar-refractivity contribution is -0.384. The molecule has 0 spiro atoms. The third-order valence-corrected chi connectivity index (χ3v) is 5.53. The summed E-state index contributed by atoms with van der Waals surface area (Å²) in [5.41, 5.74) is -2.38. The van der Waals surface area contributed by atoms with Crippen molar-refractivity contribution >= 4 is 29.1 Å². The van der Waals surface area contributed by atoms with Crippen LogP contribution in [0, 0.1) is 26.4 Å². The van der Waals surface area contributed by atoms with Crippen LogP contribution in [0.1, 0.15) is 40.0 Å². The van der Waals surface area contributed by atoms with Gasteiger partial charge in [0.05, 0.1) is 4.92 Å². The highest BCUT2D eigenvalue weighted by Gasteiger charge is 2.60. The molecule has 0 aromatic heterocycles. The standard InChI is InChI=1S/C18H21N3O5/c1-16(13(22)19-11-5-4-6-12(7-11)21(25)26)8-17(2)10-18(3,9-16)15(24)20-14(17)23/h4-7H,8-10H2,1-3H3,(H,19,22)(H,20,23,24). The highest BCUT2D eigenvalue weighted by molar-refractivity contribution is 6.05.